The molecule has 12 heteroatoms. The van der Waals surface area contributed by atoms with Crippen molar-refractivity contribution in [3.8, 4) is 11.4 Å². The first-order chi connectivity index (χ1) is 17.3. The first kappa shape index (κ1) is 29.1. The van der Waals surface area contributed by atoms with Crippen molar-refractivity contribution >= 4 is 49.0 Å². The third kappa shape index (κ3) is 8.52. The Morgan fingerprint density at radius 1 is 0.778 bits per heavy atom. The van der Waals surface area contributed by atoms with Crippen molar-refractivity contribution in [1.29, 1.82) is 0 Å². The van der Waals surface area contributed by atoms with Crippen LogP contribution in [0.4, 0.5) is 0 Å². The molecule has 0 radical (unpaired) electrons. The third-order valence-corrected chi connectivity index (χ3v) is 5.48. The Morgan fingerprint density at radius 3 is 1.50 bits per heavy atom. The number of esters is 2. The van der Waals surface area contributed by atoms with Gasteiger partial charge >= 0.3 is 11.9 Å². The van der Waals surface area contributed by atoms with E-state index in [1.165, 1.54) is 36.7 Å². The van der Waals surface area contributed by atoms with Gasteiger partial charge in [-0.05, 0) is 37.1 Å². The molecular formula is C24H30N4O6S2. The summed E-state index contributed by atoms with van der Waals surface area (Å²) in [6.07, 6.45) is 4.17. The highest BCUT2D eigenvalue weighted by molar-refractivity contribution is 7.80. The van der Waals surface area contributed by atoms with E-state index >= 15 is 0 Å². The molecule has 0 spiro atoms. The molecule has 2 N–H and O–H groups in total. The van der Waals surface area contributed by atoms with Gasteiger partial charge in [-0.15, -0.1) is 0 Å². The summed E-state index contributed by atoms with van der Waals surface area (Å²) in [6.45, 7) is 4.24. The van der Waals surface area contributed by atoms with E-state index in [4.69, 9.17) is 9.47 Å². The second kappa shape index (κ2) is 15.1. The lowest BCUT2D eigenvalue weighted by molar-refractivity contribution is -0.146. The number of carbonyl (C=O) groups is 4. The Labute approximate surface area is 220 Å². The average molecular weight is 535 g/mol. The molecule has 194 valence electrons. The van der Waals surface area contributed by atoms with Crippen LogP contribution in [0.2, 0.25) is 0 Å². The maximum atomic E-state index is 12.7. The predicted molar refractivity (Wildman–Crippen MR) is 140 cm³/mol. The number of carbonyl (C=O) groups excluding carboxylic acids is 4. The predicted octanol–water partition coefficient (Wildman–Crippen LogP) is 2.11. The number of ether oxygens (including phenoxy) is 2. The van der Waals surface area contributed by atoms with Crippen molar-refractivity contribution in [3.05, 3.63) is 47.8 Å². The molecule has 2 heterocycles. The number of nitrogens with one attached hydrogen (secondary N) is 2. The first-order valence-electron chi connectivity index (χ1n) is 11.4. The summed E-state index contributed by atoms with van der Waals surface area (Å²) in [6, 6.07) is 4.15. The van der Waals surface area contributed by atoms with Crippen molar-refractivity contribution in [2.24, 2.45) is 0 Å². The van der Waals surface area contributed by atoms with Gasteiger partial charge in [-0.2, -0.15) is 25.3 Å². The largest absolute Gasteiger partial charge is 0.464 e. The molecule has 2 atom stereocenters. The van der Waals surface area contributed by atoms with Crippen molar-refractivity contribution in [2.45, 2.75) is 38.8 Å². The molecule has 0 saturated carbocycles. The van der Waals surface area contributed by atoms with Crippen LogP contribution in [0.1, 0.15) is 47.4 Å². The van der Waals surface area contributed by atoms with E-state index in [2.05, 4.69) is 45.9 Å². The van der Waals surface area contributed by atoms with Gasteiger partial charge in [-0.1, -0.05) is 13.8 Å². The Hall–Kier alpha value is -3.12. The van der Waals surface area contributed by atoms with Gasteiger partial charge in [0.15, 0.2) is 0 Å². The molecule has 2 rings (SSSR count). The van der Waals surface area contributed by atoms with Crippen molar-refractivity contribution in [1.82, 2.24) is 20.6 Å². The van der Waals surface area contributed by atoms with E-state index < -0.39 is 35.8 Å². The summed E-state index contributed by atoms with van der Waals surface area (Å²) in [5.41, 5.74) is 1.14. The number of rotatable bonds is 13. The second-order valence-electron chi connectivity index (χ2n) is 7.61. The van der Waals surface area contributed by atoms with Crippen molar-refractivity contribution in [2.75, 3.05) is 24.7 Å². The van der Waals surface area contributed by atoms with E-state index in [1.807, 2.05) is 13.8 Å². The van der Waals surface area contributed by atoms with Crippen molar-refractivity contribution < 1.29 is 28.7 Å². The number of thiol groups is 2. The van der Waals surface area contributed by atoms with Crippen molar-refractivity contribution in [3.63, 3.8) is 0 Å². The molecule has 0 bridgehead atoms. The summed E-state index contributed by atoms with van der Waals surface area (Å²) in [4.78, 5) is 58.1. The summed E-state index contributed by atoms with van der Waals surface area (Å²) in [7, 11) is 0. The maximum Gasteiger partial charge on any atom is 0.329 e. The highest BCUT2D eigenvalue weighted by Gasteiger charge is 2.23. The monoisotopic (exact) mass is 534 g/mol. The third-order valence-electron chi connectivity index (χ3n) is 4.75. The molecule has 0 saturated heterocycles. The fourth-order valence-corrected chi connectivity index (χ4v) is 3.35. The molecular weight excluding hydrogens is 504 g/mol. The van der Waals surface area contributed by atoms with Crippen LogP contribution in [0, 0.1) is 0 Å². The van der Waals surface area contributed by atoms with Crippen LogP contribution in [-0.4, -0.2) is 70.5 Å². The summed E-state index contributed by atoms with van der Waals surface area (Å²) >= 11 is 8.24. The lowest BCUT2D eigenvalue weighted by Crippen LogP contribution is -2.43. The van der Waals surface area contributed by atoms with Crippen LogP contribution in [0.5, 0.6) is 0 Å². The van der Waals surface area contributed by atoms with Gasteiger partial charge in [0.05, 0.1) is 24.6 Å². The number of amides is 2. The first-order valence-corrected chi connectivity index (χ1v) is 12.7. The van der Waals surface area contributed by atoms with Crippen LogP contribution in [0.25, 0.3) is 11.4 Å². The zero-order chi connectivity index (χ0) is 26.5. The molecule has 2 aromatic rings. The minimum absolute atomic E-state index is 0.0736. The fourth-order valence-electron chi connectivity index (χ4n) is 2.87. The average Bonchev–Trinajstić information content (AvgIpc) is 2.91. The smallest absolute Gasteiger partial charge is 0.329 e. The number of pyridine rings is 2. The highest BCUT2D eigenvalue weighted by atomic mass is 32.1. The van der Waals surface area contributed by atoms with Crippen LogP contribution < -0.4 is 10.6 Å². The number of hydrogen-bond donors (Lipinski definition) is 4. The van der Waals surface area contributed by atoms with Crippen LogP contribution in [0.3, 0.4) is 0 Å². The molecule has 2 amide bonds. The highest BCUT2D eigenvalue weighted by Crippen LogP contribution is 2.17. The Bertz CT molecular complexity index is 985. The van der Waals surface area contributed by atoms with E-state index in [1.54, 1.807) is 0 Å². The van der Waals surface area contributed by atoms with Gasteiger partial charge in [0, 0.05) is 35.0 Å². The Morgan fingerprint density at radius 2 is 1.17 bits per heavy atom. The molecule has 0 aliphatic heterocycles. The van der Waals surface area contributed by atoms with Gasteiger partial charge in [0.1, 0.15) is 12.1 Å². The van der Waals surface area contributed by atoms with E-state index in [0.717, 1.165) is 0 Å². The minimum Gasteiger partial charge on any atom is -0.464 e. The molecule has 10 nitrogen and oxygen atoms in total. The molecule has 0 fully saturated rings. The lowest BCUT2D eigenvalue weighted by Gasteiger charge is -2.16. The molecule has 0 aliphatic rings. The molecule has 2 unspecified atom stereocenters. The quantitative estimate of drug-likeness (QED) is 0.227. The zero-order valence-electron chi connectivity index (χ0n) is 20.1. The fraction of sp³-hybridized carbons (Fsp3) is 0.417. The van der Waals surface area contributed by atoms with Gasteiger partial charge < -0.3 is 20.1 Å². The number of aromatic nitrogens is 2. The molecule has 0 aliphatic carbocycles. The van der Waals surface area contributed by atoms with Gasteiger partial charge in [-0.25, -0.2) is 9.59 Å². The van der Waals surface area contributed by atoms with E-state index in [-0.39, 0.29) is 35.8 Å². The van der Waals surface area contributed by atoms with Crippen LogP contribution in [-0.2, 0) is 19.1 Å². The maximum absolute atomic E-state index is 12.7. The number of nitrogens with zero attached hydrogens (tertiary/aromatic N) is 2. The zero-order valence-corrected chi connectivity index (χ0v) is 21.9. The Balaban J connectivity index is 2.16. The Kier molecular flexibility index (Phi) is 12.2. The summed E-state index contributed by atoms with van der Waals surface area (Å²) in [5.74, 6) is -2.00. The topological polar surface area (TPSA) is 137 Å². The van der Waals surface area contributed by atoms with Gasteiger partial charge in [0.25, 0.3) is 11.8 Å². The second-order valence-corrected chi connectivity index (χ2v) is 8.34. The molecule has 2 aromatic heterocycles. The molecule has 36 heavy (non-hydrogen) atoms. The number of hydrogen-bond acceptors (Lipinski definition) is 10. The standard InChI is InChI=1S/C24H30N4O6S2/c1-3-9-33-23(31)19(13-35)27-21(29)15-5-7-25-17(11-15)18-12-16(6-8-26-18)22(30)28-20(14-36)24(32)34-10-4-2/h5-8,11-12,19-20,35-36H,3-4,9-10,13-14H2,1-2H3,(H,27,29)(H,28,30). The van der Waals surface area contributed by atoms with Crippen LogP contribution >= 0.6 is 25.3 Å². The van der Waals surface area contributed by atoms with Gasteiger partial charge in [0.2, 0.25) is 0 Å². The van der Waals surface area contributed by atoms with Gasteiger partial charge in [-0.3, -0.25) is 19.6 Å². The normalized spacial score (nSPS) is 12.2. The lowest BCUT2D eigenvalue weighted by atomic mass is 10.1. The SMILES string of the molecule is CCCOC(=O)C(CS)NC(=O)c1ccnc(-c2cc(C(=O)NC(CS)C(=O)OCCC)ccn2)c1. The summed E-state index contributed by atoms with van der Waals surface area (Å²) in [5, 5.41) is 5.20. The van der Waals surface area contributed by atoms with E-state index in [9.17, 15) is 19.2 Å². The molecule has 0 aromatic carbocycles. The van der Waals surface area contributed by atoms with E-state index in [0.29, 0.717) is 24.2 Å². The minimum atomic E-state index is -0.905. The summed E-state index contributed by atoms with van der Waals surface area (Å²) < 4.78 is 10.2. The van der Waals surface area contributed by atoms with Crippen LogP contribution in [0.15, 0.2) is 36.7 Å².